The zero-order valence-corrected chi connectivity index (χ0v) is 9.78. The highest BCUT2D eigenvalue weighted by molar-refractivity contribution is 5.78. The van der Waals surface area contributed by atoms with Gasteiger partial charge in [-0.15, -0.1) is 0 Å². The first-order valence-electron chi connectivity index (χ1n) is 5.48. The van der Waals surface area contributed by atoms with Crippen molar-refractivity contribution in [3.8, 4) is 0 Å². The standard InChI is InChI=1S/C10H18N2O6/c11-7(15)1-10(2-8(12)16)6(14)4-18-5(3-13)9(10)17/h5-6,9,13-14,17H,1-4H2,(H2,11,15)(H2,12,16)/t5-,6+,9-/m1/s1. The van der Waals surface area contributed by atoms with Crippen molar-refractivity contribution in [2.45, 2.75) is 31.2 Å². The number of nitrogens with two attached hydrogens (primary N) is 2. The minimum absolute atomic E-state index is 0.219. The average molecular weight is 262 g/mol. The topological polar surface area (TPSA) is 156 Å². The lowest BCUT2D eigenvalue weighted by Crippen LogP contribution is -2.61. The number of aliphatic hydroxyl groups is 3. The van der Waals surface area contributed by atoms with E-state index in [1.807, 2.05) is 0 Å². The molecule has 1 aliphatic heterocycles. The molecule has 18 heavy (non-hydrogen) atoms. The van der Waals surface area contributed by atoms with Gasteiger partial charge in [-0.2, -0.15) is 0 Å². The van der Waals surface area contributed by atoms with Gasteiger partial charge in [0.1, 0.15) is 6.10 Å². The van der Waals surface area contributed by atoms with Crippen molar-refractivity contribution in [1.82, 2.24) is 0 Å². The van der Waals surface area contributed by atoms with Gasteiger partial charge in [-0.1, -0.05) is 0 Å². The van der Waals surface area contributed by atoms with Crippen LogP contribution in [0.15, 0.2) is 0 Å². The molecular weight excluding hydrogens is 244 g/mol. The lowest BCUT2D eigenvalue weighted by Gasteiger charge is -2.47. The molecular formula is C10H18N2O6. The molecule has 104 valence electrons. The highest BCUT2D eigenvalue weighted by atomic mass is 16.5. The van der Waals surface area contributed by atoms with E-state index in [0.29, 0.717) is 0 Å². The van der Waals surface area contributed by atoms with E-state index in [-0.39, 0.29) is 6.61 Å². The van der Waals surface area contributed by atoms with Crippen LogP contribution in [-0.4, -0.2) is 58.7 Å². The second kappa shape index (κ2) is 5.61. The van der Waals surface area contributed by atoms with E-state index in [1.165, 1.54) is 0 Å². The normalized spacial score (nSPS) is 30.9. The van der Waals surface area contributed by atoms with Crippen molar-refractivity contribution >= 4 is 11.8 Å². The van der Waals surface area contributed by atoms with Crippen molar-refractivity contribution in [2.75, 3.05) is 13.2 Å². The van der Waals surface area contributed by atoms with E-state index in [4.69, 9.17) is 21.3 Å². The Kier molecular flexibility index (Phi) is 4.63. The second-order valence-corrected chi connectivity index (χ2v) is 4.53. The Morgan fingerprint density at radius 3 is 2.11 bits per heavy atom. The summed E-state index contributed by atoms with van der Waals surface area (Å²) in [6, 6.07) is 0. The van der Waals surface area contributed by atoms with E-state index < -0.39 is 55.0 Å². The van der Waals surface area contributed by atoms with E-state index in [9.17, 15) is 19.8 Å². The molecule has 7 N–H and O–H groups in total. The van der Waals surface area contributed by atoms with Crippen LogP contribution in [0.3, 0.4) is 0 Å². The number of amides is 2. The summed E-state index contributed by atoms with van der Waals surface area (Å²) < 4.78 is 5.02. The van der Waals surface area contributed by atoms with Crippen LogP contribution in [0.2, 0.25) is 0 Å². The number of carbonyl (C=O) groups is 2. The molecule has 8 heteroatoms. The van der Waals surface area contributed by atoms with Gasteiger partial charge in [-0.3, -0.25) is 9.59 Å². The first kappa shape index (κ1) is 14.8. The lowest BCUT2D eigenvalue weighted by molar-refractivity contribution is -0.217. The monoisotopic (exact) mass is 262 g/mol. The second-order valence-electron chi connectivity index (χ2n) is 4.53. The maximum atomic E-state index is 11.1. The molecule has 1 aliphatic rings. The Balaban J connectivity index is 3.08. The molecule has 0 aromatic rings. The van der Waals surface area contributed by atoms with Crippen molar-refractivity contribution in [3.05, 3.63) is 0 Å². The Morgan fingerprint density at radius 2 is 1.72 bits per heavy atom. The number of hydrogen-bond acceptors (Lipinski definition) is 6. The number of hydrogen-bond donors (Lipinski definition) is 5. The predicted molar refractivity (Wildman–Crippen MR) is 58.9 cm³/mol. The number of ether oxygens (including phenoxy) is 1. The summed E-state index contributed by atoms with van der Waals surface area (Å²) in [5.74, 6) is -1.57. The molecule has 2 amide bonds. The summed E-state index contributed by atoms with van der Waals surface area (Å²) in [5, 5.41) is 29.1. The quantitative estimate of drug-likeness (QED) is 0.352. The van der Waals surface area contributed by atoms with E-state index in [0.717, 1.165) is 0 Å². The molecule has 0 radical (unpaired) electrons. The van der Waals surface area contributed by atoms with Crippen LogP contribution in [0, 0.1) is 5.41 Å². The fourth-order valence-corrected chi connectivity index (χ4v) is 2.35. The lowest BCUT2D eigenvalue weighted by atomic mass is 9.68. The smallest absolute Gasteiger partial charge is 0.218 e. The molecule has 1 heterocycles. The maximum absolute atomic E-state index is 11.1. The predicted octanol–water partition coefficient (Wildman–Crippen LogP) is -3.16. The van der Waals surface area contributed by atoms with E-state index in [2.05, 4.69) is 0 Å². The van der Waals surface area contributed by atoms with Crippen LogP contribution < -0.4 is 11.5 Å². The summed E-state index contributed by atoms with van der Waals surface area (Å²) in [5.41, 5.74) is 8.65. The van der Waals surface area contributed by atoms with Crippen LogP contribution >= 0.6 is 0 Å². The Labute approximate surface area is 104 Å². The van der Waals surface area contributed by atoms with Gasteiger partial charge in [0.25, 0.3) is 0 Å². The zero-order valence-electron chi connectivity index (χ0n) is 9.78. The van der Waals surface area contributed by atoms with Gasteiger partial charge in [0.05, 0.1) is 25.4 Å². The van der Waals surface area contributed by atoms with Gasteiger partial charge in [-0.25, -0.2) is 0 Å². The zero-order chi connectivity index (χ0) is 13.9. The van der Waals surface area contributed by atoms with Crippen molar-refractivity contribution in [2.24, 2.45) is 16.9 Å². The van der Waals surface area contributed by atoms with Crippen molar-refractivity contribution in [1.29, 1.82) is 0 Å². The average Bonchev–Trinajstić information content (AvgIpc) is 2.25. The summed E-state index contributed by atoms with van der Waals surface area (Å²) in [6.45, 7) is -0.726. The molecule has 0 aromatic carbocycles. The molecule has 1 saturated heterocycles. The van der Waals surface area contributed by atoms with Gasteiger partial charge >= 0.3 is 0 Å². The minimum Gasteiger partial charge on any atom is -0.394 e. The van der Waals surface area contributed by atoms with Crippen LogP contribution in [-0.2, 0) is 14.3 Å². The molecule has 0 aromatic heterocycles. The highest BCUT2D eigenvalue weighted by Gasteiger charge is 2.53. The Hall–Kier alpha value is -1.22. The van der Waals surface area contributed by atoms with Crippen LogP contribution in [0.4, 0.5) is 0 Å². The van der Waals surface area contributed by atoms with Crippen LogP contribution in [0.25, 0.3) is 0 Å². The number of aliphatic hydroxyl groups excluding tert-OH is 3. The van der Waals surface area contributed by atoms with Crippen LogP contribution in [0.1, 0.15) is 12.8 Å². The Bertz CT molecular complexity index is 318. The van der Waals surface area contributed by atoms with Crippen molar-refractivity contribution < 1.29 is 29.6 Å². The van der Waals surface area contributed by atoms with Gasteiger partial charge < -0.3 is 31.5 Å². The largest absolute Gasteiger partial charge is 0.394 e. The molecule has 0 aliphatic carbocycles. The minimum atomic E-state index is -1.51. The molecule has 0 unspecified atom stereocenters. The fraction of sp³-hybridized carbons (Fsp3) is 0.800. The fourth-order valence-electron chi connectivity index (χ4n) is 2.35. The summed E-state index contributed by atoms with van der Waals surface area (Å²) >= 11 is 0. The molecule has 0 bridgehead atoms. The molecule has 1 fully saturated rings. The third-order valence-electron chi connectivity index (χ3n) is 3.26. The summed E-state index contributed by atoms with van der Waals surface area (Å²) in [4.78, 5) is 22.2. The highest BCUT2D eigenvalue weighted by Crippen LogP contribution is 2.40. The van der Waals surface area contributed by atoms with Gasteiger partial charge in [0.2, 0.25) is 11.8 Å². The summed E-state index contributed by atoms with van der Waals surface area (Å²) in [6.07, 6.45) is -4.51. The molecule has 8 nitrogen and oxygen atoms in total. The summed E-state index contributed by atoms with van der Waals surface area (Å²) in [7, 11) is 0. The first-order valence-corrected chi connectivity index (χ1v) is 5.48. The number of rotatable bonds is 5. The van der Waals surface area contributed by atoms with Crippen molar-refractivity contribution in [3.63, 3.8) is 0 Å². The molecule has 1 rings (SSSR count). The number of primary amides is 2. The maximum Gasteiger partial charge on any atom is 0.218 e. The van der Waals surface area contributed by atoms with E-state index >= 15 is 0 Å². The van der Waals surface area contributed by atoms with E-state index in [1.54, 1.807) is 0 Å². The molecule has 3 atom stereocenters. The molecule has 0 spiro atoms. The van der Waals surface area contributed by atoms with Gasteiger partial charge in [0, 0.05) is 18.3 Å². The number of carbonyl (C=O) groups excluding carboxylic acids is 2. The van der Waals surface area contributed by atoms with Gasteiger partial charge in [-0.05, 0) is 0 Å². The Morgan fingerprint density at radius 1 is 1.22 bits per heavy atom. The first-order chi connectivity index (χ1) is 8.33. The third kappa shape index (κ3) is 2.78. The van der Waals surface area contributed by atoms with Gasteiger partial charge in [0.15, 0.2) is 0 Å². The molecule has 0 saturated carbocycles. The van der Waals surface area contributed by atoms with Crippen LogP contribution in [0.5, 0.6) is 0 Å². The SMILES string of the molecule is NC(=O)CC1(CC(N)=O)[C@H](O)[C@@H](CO)OC[C@@H]1O. The third-order valence-corrected chi connectivity index (χ3v) is 3.26.